The number of aryl methyl sites for hydroxylation is 1. The molecule has 1 aromatic heterocycles. The summed E-state index contributed by atoms with van der Waals surface area (Å²) < 4.78 is 2.06. The van der Waals surface area contributed by atoms with Crippen molar-refractivity contribution in [3.63, 3.8) is 0 Å². The van der Waals surface area contributed by atoms with Gasteiger partial charge >= 0.3 is 6.03 Å². The number of nitrogens with two attached hydrogens (primary N) is 1. The van der Waals surface area contributed by atoms with Crippen LogP contribution in [-0.2, 0) is 16.1 Å². The molecule has 3 aliphatic rings. The summed E-state index contributed by atoms with van der Waals surface area (Å²) >= 11 is 1.75. The second kappa shape index (κ2) is 8.09. The number of imide groups is 1. The summed E-state index contributed by atoms with van der Waals surface area (Å²) in [6, 6.07) is 4.99. The van der Waals surface area contributed by atoms with Crippen LogP contribution in [-0.4, -0.2) is 63.7 Å². The number of amides is 4. The van der Waals surface area contributed by atoms with Crippen LogP contribution in [0.15, 0.2) is 29.3 Å². The molecule has 174 valence electrons. The fraction of sp³-hybridized carbons (Fsp3) is 0.478. The monoisotopic (exact) mass is 468 g/mol. The molecule has 0 radical (unpaired) electrons. The second-order valence-corrected chi connectivity index (χ2v) is 10.3. The third-order valence-electron chi connectivity index (χ3n) is 6.71. The highest BCUT2D eigenvalue weighted by molar-refractivity contribution is 7.99. The Labute approximate surface area is 196 Å². The summed E-state index contributed by atoms with van der Waals surface area (Å²) in [5.74, 6) is 1.61. The van der Waals surface area contributed by atoms with Crippen molar-refractivity contribution in [2.45, 2.75) is 50.2 Å². The summed E-state index contributed by atoms with van der Waals surface area (Å²) in [6.07, 6.45) is 3.60. The van der Waals surface area contributed by atoms with Gasteiger partial charge in [-0.15, -0.1) is 11.8 Å². The molecular formula is C23H28N6O3S. The fourth-order valence-corrected chi connectivity index (χ4v) is 6.06. The number of rotatable bonds is 4. The highest BCUT2D eigenvalue weighted by atomic mass is 32.2. The highest BCUT2D eigenvalue weighted by Crippen LogP contribution is 2.40. The smallest absolute Gasteiger partial charge is 0.332 e. The number of urea groups is 1. The van der Waals surface area contributed by atoms with Crippen LogP contribution in [0.3, 0.4) is 0 Å². The summed E-state index contributed by atoms with van der Waals surface area (Å²) in [6.45, 7) is 5.43. The molecule has 0 bridgehead atoms. The number of aromatic nitrogens is 2. The Balaban J connectivity index is 1.53. The van der Waals surface area contributed by atoms with Crippen molar-refractivity contribution >= 4 is 41.1 Å². The number of fused-ring (bicyclic) bond motifs is 3. The van der Waals surface area contributed by atoms with Crippen LogP contribution >= 0.6 is 11.8 Å². The summed E-state index contributed by atoms with van der Waals surface area (Å²) in [4.78, 5) is 48.1. The van der Waals surface area contributed by atoms with Gasteiger partial charge in [-0.2, -0.15) is 0 Å². The van der Waals surface area contributed by atoms with Gasteiger partial charge in [-0.25, -0.2) is 9.78 Å². The minimum atomic E-state index is -0.557. The van der Waals surface area contributed by atoms with Crippen molar-refractivity contribution < 1.29 is 14.4 Å². The molecule has 2 saturated heterocycles. The van der Waals surface area contributed by atoms with E-state index in [-0.39, 0.29) is 29.8 Å². The van der Waals surface area contributed by atoms with E-state index >= 15 is 0 Å². The SMILES string of the molecule is CC(C)C1C(=O)N(C)C(=O)N1c1cn2c(n1)-c1ccc(N3CCC[C@H]3C(N)=O)cc1SCC2. The van der Waals surface area contributed by atoms with Crippen molar-refractivity contribution in [1.82, 2.24) is 14.5 Å². The zero-order valence-corrected chi connectivity index (χ0v) is 19.8. The zero-order valence-electron chi connectivity index (χ0n) is 19.0. The van der Waals surface area contributed by atoms with E-state index < -0.39 is 6.04 Å². The number of carbonyl (C=O) groups excluding carboxylic acids is 3. The number of carbonyl (C=O) groups is 3. The number of anilines is 2. The van der Waals surface area contributed by atoms with E-state index in [0.29, 0.717) is 5.82 Å². The molecule has 1 aromatic carbocycles. The Morgan fingerprint density at radius 2 is 2.03 bits per heavy atom. The first kappa shape index (κ1) is 21.8. The van der Waals surface area contributed by atoms with Gasteiger partial charge in [0.2, 0.25) is 5.91 Å². The van der Waals surface area contributed by atoms with Crippen LogP contribution in [0, 0.1) is 5.92 Å². The van der Waals surface area contributed by atoms with E-state index in [0.717, 1.165) is 53.7 Å². The normalized spacial score (nSPS) is 22.7. The highest BCUT2D eigenvalue weighted by Gasteiger charge is 2.46. The standard InChI is InChI=1S/C23H28N6O3S/c1-13(2)19-22(31)26(3)23(32)29(19)18-12-27-9-10-33-17-11-14(6-7-15(17)21(27)25-18)28-8-4-5-16(28)20(24)30/h6-7,11-13,16,19H,4-5,8-10H2,1-3H3,(H2,24,30)/t16-,19?/m0/s1. The topological polar surface area (TPSA) is 105 Å². The van der Waals surface area contributed by atoms with Crippen molar-refractivity contribution in [1.29, 1.82) is 0 Å². The van der Waals surface area contributed by atoms with Crippen molar-refractivity contribution in [2.75, 3.05) is 29.1 Å². The van der Waals surface area contributed by atoms with Crippen LogP contribution in [0.4, 0.5) is 16.3 Å². The lowest BCUT2D eigenvalue weighted by Crippen LogP contribution is -2.40. The zero-order chi connectivity index (χ0) is 23.4. The molecule has 0 spiro atoms. The predicted molar refractivity (Wildman–Crippen MR) is 127 cm³/mol. The Kier molecular flexibility index (Phi) is 5.35. The van der Waals surface area contributed by atoms with Crippen LogP contribution in [0.5, 0.6) is 0 Å². The number of hydrogen-bond acceptors (Lipinski definition) is 6. The number of hydrogen-bond donors (Lipinski definition) is 1. The van der Waals surface area contributed by atoms with E-state index in [1.807, 2.05) is 32.2 Å². The van der Waals surface area contributed by atoms with E-state index in [1.165, 1.54) is 16.8 Å². The first-order valence-electron chi connectivity index (χ1n) is 11.3. The molecule has 3 aliphatic heterocycles. The number of benzene rings is 1. The maximum Gasteiger partial charge on any atom is 0.332 e. The molecule has 4 amide bonds. The largest absolute Gasteiger partial charge is 0.368 e. The summed E-state index contributed by atoms with van der Waals surface area (Å²) in [5, 5.41) is 0. The molecular weight excluding hydrogens is 440 g/mol. The molecule has 33 heavy (non-hydrogen) atoms. The van der Waals surface area contributed by atoms with Gasteiger partial charge in [0.05, 0.1) is 0 Å². The minimum Gasteiger partial charge on any atom is -0.368 e. The molecule has 2 fully saturated rings. The molecule has 10 heteroatoms. The molecule has 0 saturated carbocycles. The lowest BCUT2D eigenvalue weighted by atomic mass is 10.0. The average Bonchev–Trinajstić information content (AvgIpc) is 3.45. The molecule has 9 nitrogen and oxygen atoms in total. The molecule has 5 rings (SSSR count). The van der Waals surface area contributed by atoms with Crippen LogP contribution in [0.25, 0.3) is 11.4 Å². The van der Waals surface area contributed by atoms with Gasteiger partial charge < -0.3 is 15.2 Å². The van der Waals surface area contributed by atoms with Crippen LogP contribution < -0.4 is 15.5 Å². The number of imidazole rings is 1. The molecule has 0 aliphatic carbocycles. The maximum absolute atomic E-state index is 12.9. The summed E-state index contributed by atoms with van der Waals surface area (Å²) in [7, 11) is 1.52. The van der Waals surface area contributed by atoms with E-state index in [2.05, 4.69) is 15.5 Å². The molecule has 4 heterocycles. The Hall–Kier alpha value is -3.01. The maximum atomic E-state index is 12.9. The number of thioether (sulfide) groups is 1. The Morgan fingerprint density at radius 3 is 2.76 bits per heavy atom. The first-order valence-corrected chi connectivity index (χ1v) is 12.3. The third kappa shape index (κ3) is 3.47. The van der Waals surface area contributed by atoms with Gasteiger partial charge in [0.25, 0.3) is 5.91 Å². The van der Waals surface area contributed by atoms with E-state index in [9.17, 15) is 14.4 Å². The lowest BCUT2D eigenvalue weighted by molar-refractivity contribution is -0.127. The number of likely N-dealkylation sites (N-methyl/N-ethyl adjacent to an activating group) is 1. The van der Waals surface area contributed by atoms with Crippen LogP contribution in [0.2, 0.25) is 0 Å². The first-order chi connectivity index (χ1) is 15.8. The fourth-order valence-electron chi connectivity index (χ4n) is 5.03. The van der Waals surface area contributed by atoms with Gasteiger partial charge in [0.15, 0.2) is 5.82 Å². The van der Waals surface area contributed by atoms with Gasteiger partial charge in [-0.05, 0) is 37.0 Å². The number of primary amides is 1. The van der Waals surface area contributed by atoms with Crippen molar-refractivity contribution in [3.05, 3.63) is 24.4 Å². The second-order valence-electron chi connectivity index (χ2n) is 9.14. The molecule has 1 unspecified atom stereocenters. The van der Waals surface area contributed by atoms with E-state index in [1.54, 1.807) is 11.8 Å². The summed E-state index contributed by atoms with van der Waals surface area (Å²) in [5.41, 5.74) is 7.59. The van der Waals surface area contributed by atoms with Crippen molar-refractivity contribution in [2.24, 2.45) is 11.7 Å². The Morgan fingerprint density at radius 1 is 1.24 bits per heavy atom. The molecule has 2 N–H and O–H groups in total. The molecule has 2 aromatic rings. The molecule has 2 atom stereocenters. The number of nitrogens with zero attached hydrogens (tertiary/aromatic N) is 5. The van der Waals surface area contributed by atoms with E-state index in [4.69, 9.17) is 10.7 Å². The predicted octanol–water partition coefficient (Wildman–Crippen LogP) is 2.53. The van der Waals surface area contributed by atoms with Crippen LogP contribution in [0.1, 0.15) is 26.7 Å². The Bertz CT molecular complexity index is 1150. The lowest BCUT2D eigenvalue weighted by Gasteiger charge is -2.25. The van der Waals surface area contributed by atoms with Gasteiger partial charge in [-0.1, -0.05) is 13.8 Å². The quantitative estimate of drug-likeness (QED) is 0.692. The van der Waals surface area contributed by atoms with Gasteiger partial charge in [0.1, 0.15) is 17.9 Å². The van der Waals surface area contributed by atoms with Gasteiger partial charge in [-0.3, -0.25) is 19.4 Å². The van der Waals surface area contributed by atoms with Gasteiger partial charge in [0, 0.05) is 48.2 Å². The third-order valence-corrected chi connectivity index (χ3v) is 7.74. The minimum absolute atomic E-state index is 0.0306. The average molecular weight is 469 g/mol. The van der Waals surface area contributed by atoms with Crippen molar-refractivity contribution in [3.8, 4) is 11.4 Å².